The van der Waals surface area contributed by atoms with Crippen molar-refractivity contribution in [3.8, 4) is 0 Å². The van der Waals surface area contributed by atoms with E-state index in [1.54, 1.807) is 13.8 Å². The van der Waals surface area contributed by atoms with Crippen molar-refractivity contribution in [2.45, 2.75) is 26.4 Å². The molecular formula is C15H20N2O4. The Bertz CT molecular complexity index is 484. The average Bonchev–Trinajstić information content (AvgIpc) is 3.06. The number of nitrogens with one attached hydrogen (secondary N) is 1. The molecule has 0 spiro atoms. The van der Waals surface area contributed by atoms with Gasteiger partial charge in [0.25, 0.3) is 0 Å². The molecule has 0 unspecified atom stereocenters. The van der Waals surface area contributed by atoms with Crippen molar-refractivity contribution in [2.24, 2.45) is 23.7 Å². The molecule has 1 saturated heterocycles. The van der Waals surface area contributed by atoms with Crippen molar-refractivity contribution < 1.29 is 19.1 Å². The normalized spacial score (nSPS) is 33.0. The Morgan fingerprint density at radius 1 is 1.29 bits per heavy atom. The lowest BCUT2D eigenvalue weighted by molar-refractivity contribution is -0.140. The van der Waals surface area contributed by atoms with Gasteiger partial charge < -0.3 is 10.1 Å². The second-order valence-electron chi connectivity index (χ2n) is 6.21. The van der Waals surface area contributed by atoms with E-state index < -0.39 is 6.09 Å². The van der Waals surface area contributed by atoms with Gasteiger partial charge in [-0.25, -0.2) is 4.79 Å². The standard InChI is InChI=1S/C15H20N2O4/c1-8(2)21-15(20)16-5-6-17-13(18)11-9-3-4-10(7-9)12(11)14(17)19/h3-4,8-12H,5-7H2,1-2H3,(H,16,20)/t9-,10-,11-,12-/m0/s1. The molecule has 2 bridgehead atoms. The van der Waals surface area contributed by atoms with Gasteiger partial charge in [0.05, 0.1) is 17.9 Å². The third-order valence-electron chi connectivity index (χ3n) is 4.51. The molecule has 1 aliphatic heterocycles. The molecule has 21 heavy (non-hydrogen) atoms. The van der Waals surface area contributed by atoms with E-state index in [1.807, 2.05) is 0 Å². The quantitative estimate of drug-likeness (QED) is 0.618. The summed E-state index contributed by atoms with van der Waals surface area (Å²) < 4.78 is 4.94. The van der Waals surface area contributed by atoms with E-state index in [-0.39, 0.29) is 54.7 Å². The summed E-state index contributed by atoms with van der Waals surface area (Å²) in [5.74, 6) is -0.0624. The Hall–Kier alpha value is -1.85. The Morgan fingerprint density at radius 3 is 2.38 bits per heavy atom. The highest BCUT2D eigenvalue weighted by Crippen LogP contribution is 2.52. The molecule has 0 aromatic heterocycles. The molecule has 2 aliphatic carbocycles. The summed E-state index contributed by atoms with van der Waals surface area (Å²) in [6.07, 6.45) is 4.35. The van der Waals surface area contributed by atoms with Gasteiger partial charge in [0, 0.05) is 13.1 Å². The van der Waals surface area contributed by atoms with Gasteiger partial charge >= 0.3 is 6.09 Å². The second kappa shape index (κ2) is 5.16. The van der Waals surface area contributed by atoms with Crippen LogP contribution in [0.15, 0.2) is 12.2 Å². The lowest BCUT2D eigenvalue weighted by atomic mass is 9.85. The number of amides is 3. The molecule has 1 N–H and O–H groups in total. The zero-order valence-electron chi connectivity index (χ0n) is 12.2. The maximum absolute atomic E-state index is 12.4. The molecule has 1 heterocycles. The Balaban J connectivity index is 1.55. The lowest BCUT2D eigenvalue weighted by Crippen LogP contribution is -2.40. The second-order valence-corrected chi connectivity index (χ2v) is 6.21. The van der Waals surface area contributed by atoms with E-state index in [4.69, 9.17) is 4.74 Å². The number of imide groups is 1. The van der Waals surface area contributed by atoms with Crippen LogP contribution < -0.4 is 5.32 Å². The van der Waals surface area contributed by atoms with Gasteiger partial charge in [-0.05, 0) is 32.1 Å². The van der Waals surface area contributed by atoms with Crippen molar-refractivity contribution >= 4 is 17.9 Å². The first-order valence-corrected chi connectivity index (χ1v) is 7.47. The maximum atomic E-state index is 12.4. The zero-order chi connectivity index (χ0) is 15.1. The van der Waals surface area contributed by atoms with Crippen molar-refractivity contribution in [2.75, 3.05) is 13.1 Å². The molecule has 3 amide bonds. The van der Waals surface area contributed by atoms with E-state index in [2.05, 4.69) is 17.5 Å². The summed E-state index contributed by atoms with van der Waals surface area (Å²) in [4.78, 5) is 37.4. The fourth-order valence-electron chi connectivity index (χ4n) is 3.71. The first-order valence-electron chi connectivity index (χ1n) is 7.47. The predicted octanol–water partition coefficient (Wildman–Crippen LogP) is 0.928. The summed E-state index contributed by atoms with van der Waals surface area (Å²) in [5, 5.41) is 2.56. The molecule has 2 fully saturated rings. The largest absolute Gasteiger partial charge is 0.447 e. The monoisotopic (exact) mass is 292 g/mol. The number of carbonyl (C=O) groups excluding carboxylic acids is 3. The first-order chi connectivity index (χ1) is 9.99. The number of rotatable bonds is 4. The lowest BCUT2D eigenvalue weighted by Gasteiger charge is -2.17. The average molecular weight is 292 g/mol. The fourth-order valence-corrected chi connectivity index (χ4v) is 3.71. The minimum absolute atomic E-state index is 0.0825. The van der Waals surface area contributed by atoms with Crippen molar-refractivity contribution in [1.82, 2.24) is 10.2 Å². The molecule has 6 heteroatoms. The van der Waals surface area contributed by atoms with Crippen LogP contribution in [0.25, 0.3) is 0 Å². The number of nitrogens with zero attached hydrogens (tertiary/aromatic N) is 1. The van der Waals surface area contributed by atoms with Crippen molar-refractivity contribution in [3.05, 3.63) is 12.2 Å². The van der Waals surface area contributed by atoms with Crippen LogP contribution >= 0.6 is 0 Å². The van der Waals surface area contributed by atoms with Gasteiger partial charge in [-0.1, -0.05) is 12.2 Å². The molecule has 6 nitrogen and oxygen atoms in total. The van der Waals surface area contributed by atoms with Gasteiger partial charge in [0.15, 0.2) is 0 Å². The number of carbonyl (C=O) groups is 3. The number of ether oxygens (including phenoxy) is 1. The van der Waals surface area contributed by atoms with Crippen molar-refractivity contribution in [1.29, 1.82) is 0 Å². The Morgan fingerprint density at radius 2 is 1.86 bits per heavy atom. The van der Waals surface area contributed by atoms with E-state index in [0.29, 0.717) is 0 Å². The highest BCUT2D eigenvalue weighted by atomic mass is 16.6. The minimum Gasteiger partial charge on any atom is -0.447 e. The van der Waals surface area contributed by atoms with Crippen LogP contribution in [0.5, 0.6) is 0 Å². The van der Waals surface area contributed by atoms with Gasteiger partial charge in [-0.2, -0.15) is 0 Å². The third kappa shape index (κ3) is 2.32. The SMILES string of the molecule is CC(C)OC(=O)NCCN1C(=O)[C@@H]2[C@@H](C1=O)[C@H]1C=C[C@H]2C1. The molecule has 3 aliphatic rings. The summed E-state index contributed by atoms with van der Waals surface area (Å²) in [7, 11) is 0. The zero-order valence-corrected chi connectivity index (χ0v) is 12.2. The Labute approximate surface area is 123 Å². The highest BCUT2D eigenvalue weighted by Gasteiger charge is 2.58. The molecular weight excluding hydrogens is 272 g/mol. The van der Waals surface area contributed by atoms with Crippen LogP contribution in [-0.2, 0) is 14.3 Å². The predicted molar refractivity (Wildman–Crippen MR) is 74.1 cm³/mol. The van der Waals surface area contributed by atoms with Gasteiger partial charge in [-0.15, -0.1) is 0 Å². The number of alkyl carbamates (subject to hydrolysis) is 1. The maximum Gasteiger partial charge on any atom is 0.407 e. The highest BCUT2D eigenvalue weighted by molar-refractivity contribution is 6.06. The van der Waals surface area contributed by atoms with Gasteiger partial charge in [0.2, 0.25) is 11.8 Å². The summed E-state index contributed by atoms with van der Waals surface area (Å²) in [6, 6.07) is 0. The molecule has 114 valence electrons. The summed E-state index contributed by atoms with van der Waals surface area (Å²) in [6.45, 7) is 3.97. The number of allylic oxidation sites excluding steroid dienone is 2. The minimum atomic E-state index is -0.522. The van der Waals surface area contributed by atoms with Crippen LogP contribution in [0.3, 0.4) is 0 Å². The number of fused-ring (bicyclic) bond motifs is 5. The first kappa shape index (κ1) is 14.1. The molecule has 0 aromatic rings. The van der Waals surface area contributed by atoms with Crippen LogP contribution in [-0.4, -0.2) is 42.0 Å². The summed E-state index contributed by atoms with van der Waals surface area (Å²) >= 11 is 0. The number of likely N-dealkylation sites (tertiary alicyclic amines) is 1. The van der Waals surface area contributed by atoms with E-state index >= 15 is 0 Å². The van der Waals surface area contributed by atoms with Crippen LogP contribution in [0, 0.1) is 23.7 Å². The van der Waals surface area contributed by atoms with Gasteiger partial charge in [-0.3, -0.25) is 14.5 Å². The Kier molecular flexibility index (Phi) is 3.47. The summed E-state index contributed by atoms with van der Waals surface area (Å²) in [5.41, 5.74) is 0. The van der Waals surface area contributed by atoms with Crippen LogP contribution in [0.2, 0.25) is 0 Å². The molecule has 4 atom stereocenters. The van der Waals surface area contributed by atoms with E-state index in [1.165, 1.54) is 4.90 Å². The van der Waals surface area contributed by atoms with Crippen LogP contribution in [0.4, 0.5) is 4.79 Å². The number of hydrogen-bond donors (Lipinski definition) is 1. The molecule has 0 aromatic carbocycles. The smallest absolute Gasteiger partial charge is 0.407 e. The van der Waals surface area contributed by atoms with Gasteiger partial charge in [0.1, 0.15) is 0 Å². The molecule has 0 radical (unpaired) electrons. The number of hydrogen-bond acceptors (Lipinski definition) is 4. The van der Waals surface area contributed by atoms with Crippen molar-refractivity contribution in [3.63, 3.8) is 0 Å². The third-order valence-corrected chi connectivity index (χ3v) is 4.51. The molecule has 1 saturated carbocycles. The van der Waals surface area contributed by atoms with E-state index in [0.717, 1.165) is 6.42 Å². The topological polar surface area (TPSA) is 75.7 Å². The fraction of sp³-hybridized carbons (Fsp3) is 0.667. The van der Waals surface area contributed by atoms with Crippen LogP contribution in [0.1, 0.15) is 20.3 Å². The van der Waals surface area contributed by atoms with E-state index in [9.17, 15) is 14.4 Å². The molecule has 3 rings (SSSR count).